The zero-order valence-electron chi connectivity index (χ0n) is 41.4. The number of aliphatic carboxylic acids is 4. The van der Waals surface area contributed by atoms with Crippen LogP contribution < -0.4 is 31.1 Å². The number of rotatable bonds is 33. The van der Waals surface area contributed by atoms with E-state index in [0.717, 1.165) is 64.2 Å². The number of hydrogen-bond acceptors (Lipinski definition) is 10. The predicted molar refractivity (Wildman–Crippen MR) is 242 cm³/mol. The second-order valence-electron chi connectivity index (χ2n) is 22.8. The van der Waals surface area contributed by atoms with E-state index >= 15 is 9.90 Å². The first-order valence-electron chi connectivity index (χ1n) is 25.3. The molecule has 10 heteroatoms. The lowest BCUT2D eigenvalue weighted by Gasteiger charge is -2.70. The van der Waals surface area contributed by atoms with Crippen molar-refractivity contribution in [2.75, 3.05) is 0 Å². The van der Waals surface area contributed by atoms with Crippen LogP contribution in [0.15, 0.2) is 0 Å². The van der Waals surface area contributed by atoms with Gasteiger partial charge in [-0.05, 0) is 112 Å². The lowest BCUT2D eigenvalue weighted by molar-refractivity contribution is -0.380. The van der Waals surface area contributed by atoms with E-state index in [-0.39, 0.29) is 51.4 Å². The Morgan fingerprint density at radius 1 is 0.435 bits per heavy atom. The van der Waals surface area contributed by atoms with Crippen molar-refractivity contribution < 1.29 is 39.6 Å². The molecule has 2 heterocycles. The van der Waals surface area contributed by atoms with Gasteiger partial charge in [-0.3, -0.25) is 0 Å². The van der Waals surface area contributed by atoms with E-state index in [4.69, 9.17) is 0 Å². The van der Waals surface area contributed by atoms with E-state index in [0.29, 0.717) is 12.8 Å². The van der Waals surface area contributed by atoms with E-state index in [9.17, 15) is 29.7 Å². The summed E-state index contributed by atoms with van der Waals surface area (Å²) in [6.45, 7) is 20.1. The minimum absolute atomic E-state index is 0.190. The number of hydrogen-bond donors (Lipinski definition) is 2. The molecule has 2 N–H and O–H groups in total. The van der Waals surface area contributed by atoms with Crippen molar-refractivity contribution in [2.45, 2.75) is 278 Å². The number of carboxylic acid groups (broad SMARTS) is 4. The fourth-order valence-electron chi connectivity index (χ4n) is 13.3. The summed E-state index contributed by atoms with van der Waals surface area (Å²) in [5.41, 5.74) is -10.5. The Kier molecular flexibility index (Phi) is 22.5. The Bertz CT molecular complexity index is 1320. The van der Waals surface area contributed by atoms with Crippen LogP contribution in [0.25, 0.3) is 0 Å². The molecular formula is C52H92N2O8-4. The molecule has 2 unspecified atom stereocenters. The molecule has 62 heavy (non-hydrogen) atoms. The fourth-order valence-corrected chi connectivity index (χ4v) is 13.3. The molecule has 2 atom stereocenters. The Morgan fingerprint density at radius 3 is 0.984 bits per heavy atom. The highest BCUT2D eigenvalue weighted by molar-refractivity contribution is 5.94. The molecule has 362 valence electrons. The van der Waals surface area contributed by atoms with Crippen LogP contribution in [0.2, 0.25) is 0 Å². The zero-order valence-corrected chi connectivity index (χ0v) is 41.4. The third-order valence-corrected chi connectivity index (χ3v) is 15.1. The van der Waals surface area contributed by atoms with E-state index in [1.165, 1.54) is 51.4 Å². The van der Waals surface area contributed by atoms with Gasteiger partial charge in [-0.2, -0.15) is 0 Å². The average molecular weight is 873 g/mol. The highest BCUT2D eigenvalue weighted by atomic mass is 16.4. The van der Waals surface area contributed by atoms with Crippen molar-refractivity contribution in [3.63, 3.8) is 0 Å². The summed E-state index contributed by atoms with van der Waals surface area (Å²) in [4.78, 5) is 57.4. The summed E-state index contributed by atoms with van der Waals surface area (Å²) < 4.78 is 0. The van der Waals surface area contributed by atoms with Crippen molar-refractivity contribution in [2.24, 2.45) is 28.1 Å². The first-order chi connectivity index (χ1) is 28.9. The molecule has 2 rings (SSSR count). The Morgan fingerprint density at radius 2 is 0.726 bits per heavy atom. The summed E-state index contributed by atoms with van der Waals surface area (Å²) in [7, 11) is 0. The molecule has 0 spiro atoms. The third kappa shape index (κ3) is 15.2. The number of carboxylic acids is 4. The van der Waals surface area contributed by atoms with Crippen LogP contribution in [0.5, 0.6) is 0 Å². The third-order valence-electron chi connectivity index (χ3n) is 15.1. The molecule has 0 aromatic rings. The summed E-state index contributed by atoms with van der Waals surface area (Å²) in [6.07, 6.45) is 19.9. The second kappa shape index (κ2) is 24.9. The molecule has 0 aromatic carbocycles. The topological polar surface area (TPSA) is 185 Å². The number of piperidine rings is 2. The van der Waals surface area contributed by atoms with Crippen molar-refractivity contribution >= 4 is 23.9 Å². The highest BCUT2D eigenvalue weighted by Crippen LogP contribution is 2.68. The van der Waals surface area contributed by atoms with E-state index in [1.54, 1.807) is 0 Å². The van der Waals surface area contributed by atoms with Crippen LogP contribution in [0.4, 0.5) is 0 Å². The quantitative estimate of drug-likeness (QED) is 0.0616. The van der Waals surface area contributed by atoms with Gasteiger partial charge in [0.15, 0.2) is 0 Å². The van der Waals surface area contributed by atoms with Gasteiger partial charge in [-0.1, -0.05) is 155 Å². The molecular weight excluding hydrogens is 781 g/mol. The van der Waals surface area contributed by atoms with Gasteiger partial charge in [-0.25, -0.2) is 0 Å². The summed E-state index contributed by atoms with van der Waals surface area (Å²) in [6, 6.07) is 0. The maximum atomic E-state index is 15.0. The molecule has 0 radical (unpaired) electrons. The molecule has 0 saturated carbocycles. The molecule has 10 nitrogen and oxygen atoms in total. The van der Waals surface area contributed by atoms with Crippen molar-refractivity contribution in [3.05, 3.63) is 0 Å². The van der Waals surface area contributed by atoms with Crippen LogP contribution >= 0.6 is 0 Å². The molecule has 2 aliphatic rings. The van der Waals surface area contributed by atoms with Gasteiger partial charge in [-0.15, -0.1) is 0 Å². The molecule has 2 saturated heterocycles. The Balaban J connectivity index is 2.86. The van der Waals surface area contributed by atoms with Crippen LogP contribution in [-0.4, -0.2) is 46.0 Å². The van der Waals surface area contributed by atoms with Crippen molar-refractivity contribution in [3.8, 4) is 0 Å². The standard InChI is InChI=1S/C52H96N2O8/c1-11-13-15-17-19-21-23-25-27-29-31-33-50(43(57)58,39-42(55)56)51(44(59)60,34-32-30-28-26-24-22-20-18-16-14-12-2)52(45(61)62,40-35-46(3,4)53-47(5,6)36-40)41-37-48(7,8)54-49(9,10)38-41/h40-41,53-54H,11-39H2,1-10H3,(H,55,56)(H,57,58)(H,59,60)(H,61,62)/p-4. The molecule has 2 fully saturated rings. The maximum absolute atomic E-state index is 15.0. The second-order valence-corrected chi connectivity index (χ2v) is 22.8. The van der Waals surface area contributed by atoms with E-state index < -0.39 is 80.5 Å². The van der Waals surface area contributed by atoms with Gasteiger partial charge < -0.3 is 50.2 Å². The highest BCUT2D eigenvalue weighted by Gasteiger charge is 2.71. The molecule has 0 aliphatic carbocycles. The largest absolute Gasteiger partial charge is 0.550 e. The number of nitrogens with one attached hydrogen (secondary N) is 2. The first kappa shape index (κ1) is 55.9. The zero-order chi connectivity index (χ0) is 46.9. The maximum Gasteiger partial charge on any atom is 0.0495 e. The van der Waals surface area contributed by atoms with Crippen LogP contribution in [0.3, 0.4) is 0 Å². The van der Waals surface area contributed by atoms with Gasteiger partial charge in [0.2, 0.25) is 0 Å². The first-order valence-corrected chi connectivity index (χ1v) is 25.3. The summed E-state index contributed by atoms with van der Waals surface area (Å²) in [5, 5.41) is 64.6. The average Bonchev–Trinajstić information content (AvgIpc) is 3.12. The van der Waals surface area contributed by atoms with E-state index in [2.05, 4.69) is 24.5 Å². The van der Waals surface area contributed by atoms with Gasteiger partial charge >= 0.3 is 0 Å². The normalized spacial score (nSPS) is 20.9. The summed E-state index contributed by atoms with van der Waals surface area (Å²) >= 11 is 0. The number of carbonyl (C=O) groups excluding carboxylic acids is 4. The molecule has 2 aliphatic heterocycles. The molecule has 0 amide bonds. The van der Waals surface area contributed by atoms with Gasteiger partial charge in [0, 0.05) is 62.3 Å². The monoisotopic (exact) mass is 873 g/mol. The minimum atomic E-state index is -2.72. The SMILES string of the molecule is CCCCCCCCCCCCCC(CC(=O)[O-])(C(=O)[O-])C(CCCCCCCCCCCCC)(C(=O)[O-])C(C(=O)[O-])(C1CC(C)(C)NC(C)(C)C1)C1CC(C)(C)NC(C)(C)C1. The molecule has 0 aromatic heterocycles. The van der Waals surface area contributed by atoms with Gasteiger partial charge in [0.25, 0.3) is 0 Å². The van der Waals surface area contributed by atoms with Crippen LogP contribution in [0.1, 0.15) is 255 Å². The van der Waals surface area contributed by atoms with Gasteiger partial charge in [0.05, 0.1) is 0 Å². The smallest absolute Gasteiger partial charge is 0.0495 e. The van der Waals surface area contributed by atoms with Crippen LogP contribution in [0, 0.1) is 28.1 Å². The molecule has 0 bridgehead atoms. The fraction of sp³-hybridized carbons (Fsp3) is 0.923. The number of unbranched alkanes of at least 4 members (excludes halogenated alkanes) is 20. The van der Waals surface area contributed by atoms with Crippen molar-refractivity contribution in [1.29, 1.82) is 0 Å². The number of carbonyl (C=O) groups is 4. The van der Waals surface area contributed by atoms with Crippen LogP contribution in [-0.2, 0) is 19.2 Å². The predicted octanol–water partition coefficient (Wildman–Crippen LogP) is 7.85. The lowest BCUT2D eigenvalue weighted by atomic mass is 9.37. The Hall–Kier alpha value is -2.20. The Labute approximate surface area is 378 Å². The van der Waals surface area contributed by atoms with E-state index in [1.807, 2.05) is 55.4 Å². The van der Waals surface area contributed by atoms with Gasteiger partial charge in [0.1, 0.15) is 0 Å². The van der Waals surface area contributed by atoms with Crippen molar-refractivity contribution in [1.82, 2.24) is 10.6 Å². The lowest BCUT2D eigenvalue weighted by Crippen LogP contribution is -2.78. The minimum Gasteiger partial charge on any atom is -0.550 e. The summed E-state index contributed by atoms with van der Waals surface area (Å²) in [5.74, 6) is -8.90.